The minimum absolute atomic E-state index is 0.00708. The molecular weight excluding hydrogens is 382 g/mol. The van der Waals surface area contributed by atoms with Gasteiger partial charge in [-0.3, -0.25) is 9.59 Å². The highest BCUT2D eigenvalue weighted by Gasteiger charge is 2.23. The van der Waals surface area contributed by atoms with Gasteiger partial charge < -0.3 is 10.1 Å². The molecule has 0 saturated carbocycles. The van der Waals surface area contributed by atoms with Crippen LogP contribution in [0, 0.1) is 0 Å². The number of nitrogens with zero attached hydrogens (tertiary/aromatic N) is 2. The largest absolute Gasteiger partial charge is 0.448 e. The van der Waals surface area contributed by atoms with E-state index >= 15 is 0 Å². The van der Waals surface area contributed by atoms with Crippen LogP contribution < -0.4 is 10.9 Å². The number of aromatic nitrogens is 2. The fraction of sp³-hybridized carbons (Fsp3) is 0.304. The van der Waals surface area contributed by atoms with Crippen LogP contribution in [0.15, 0.2) is 53.3 Å². The Balaban J connectivity index is 1.80. The molecule has 3 rings (SSSR count). The van der Waals surface area contributed by atoms with Crippen molar-refractivity contribution in [1.29, 1.82) is 0 Å². The Labute approximate surface area is 174 Å². The number of anilines is 1. The highest BCUT2D eigenvalue weighted by molar-refractivity contribution is 6.03. The Kier molecular flexibility index (Phi) is 6.30. The number of rotatable bonds is 6. The third kappa shape index (κ3) is 4.25. The van der Waals surface area contributed by atoms with E-state index in [9.17, 15) is 14.4 Å². The van der Waals surface area contributed by atoms with E-state index in [1.54, 1.807) is 24.3 Å². The molecule has 1 amide bonds. The van der Waals surface area contributed by atoms with Crippen LogP contribution in [-0.4, -0.2) is 27.8 Å². The summed E-state index contributed by atoms with van der Waals surface area (Å²) >= 11 is 0. The lowest BCUT2D eigenvalue weighted by Gasteiger charge is -2.18. The van der Waals surface area contributed by atoms with E-state index in [-0.39, 0.29) is 17.2 Å². The third-order valence-corrected chi connectivity index (χ3v) is 5.16. The molecule has 0 spiro atoms. The topological polar surface area (TPSA) is 90.3 Å². The molecule has 1 heterocycles. The predicted octanol–water partition coefficient (Wildman–Crippen LogP) is 3.63. The number of hydrogen-bond donors (Lipinski definition) is 1. The van der Waals surface area contributed by atoms with Crippen LogP contribution in [0.5, 0.6) is 0 Å². The first-order valence-corrected chi connectivity index (χ1v) is 9.90. The van der Waals surface area contributed by atoms with Crippen LogP contribution in [0.3, 0.4) is 0 Å². The molecule has 0 aliphatic rings. The molecule has 1 aromatic heterocycles. The summed E-state index contributed by atoms with van der Waals surface area (Å²) in [5.41, 5.74) is 1.41. The van der Waals surface area contributed by atoms with Gasteiger partial charge in [-0.2, -0.15) is 5.10 Å². The van der Waals surface area contributed by atoms with Crippen LogP contribution in [0.4, 0.5) is 5.69 Å². The molecule has 0 unspecified atom stereocenters. The van der Waals surface area contributed by atoms with Gasteiger partial charge in [0.25, 0.3) is 11.5 Å². The Bertz CT molecular complexity index is 1150. The summed E-state index contributed by atoms with van der Waals surface area (Å²) in [6, 6.07) is 14.3. The second kappa shape index (κ2) is 8.90. The first-order valence-electron chi connectivity index (χ1n) is 9.90. The Morgan fingerprint density at radius 2 is 1.70 bits per heavy atom. The minimum atomic E-state index is -1.04. The molecule has 0 aliphatic carbocycles. The van der Waals surface area contributed by atoms with Crippen molar-refractivity contribution < 1.29 is 14.3 Å². The van der Waals surface area contributed by atoms with Crippen LogP contribution in [0.1, 0.15) is 49.2 Å². The van der Waals surface area contributed by atoms with Gasteiger partial charge in [0.1, 0.15) is 0 Å². The Morgan fingerprint density at radius 1 is 1.07 bits per heavy atom. The average Bonchev–Trinajstić information content (AvgIpc) is 2.75. The molecule has 30 heavy (non-hydrogen) atoms. The molecule has 7 heteroatoms. The zero-order valence-electron chi connectivity index (χ0n) is 17.5. The van der Waals surface area contributed by atoms with Crippen LogP contribution in [-0.2, 0) is 16.6 Å². The number of esters is 1. The van der Waals surface area contributed by atoms with Crippen molar-refractivity contribution in [1.82, 2.24) is 9.78 Å². The monoisotopic (exact) mass is 407 g/mol. The number of carbonyl (C=O) groups excluding carboxylic acids is 2. The predicted molar refractivity (Wildman–Crippen MR) is 116 cm³/mol. The van der Waals surface area contributed by atoms with Crippen molar-refractivity contribution in [3.05, 3.63) is 70.1 Å². The van der Waals surface area contributed by atoms with Gasteiger partial charge in [0.05, 0.1) is 5.39 Å². The van der Waals surface area contributed by atoms with Crippen molar-refractivity contribution in [2.24, 2.45) is 7.05 Å². The number of para-hydroxylation sites is 1. The molecule has 156 valence electrons. The Morgan fingerprint density at radius 3 is 2.40 bits per heavy atom. The molecular formula is C23H25N3O4. The maximum atomic E-state index is 12.7. The number of carbonyl (C=O) groups is 2. The Hall–Kier alpha value is -3.48. The van der Waals surface area contributed by atoms with E-state index in [1.807, 2.05) is 24.3 Å². The summed E-state index contributed by atoms with van der Waals surface area (Å²) in [7, 11) is 1.47. The maximum absolute atomic E-state index is 12.7. The van der Waals surface area contributed by atoms with E-state index < -0.39 is 18.0 Å². The first-order chi connectivity index (χ1) is 14.3. The van der Waals surface area contributed by atoms with E-state index in [0.29, 0.717) is 16.5 Å². The lowest BCUT2D eigenvalue weighted by Crippen LogP contribution is -2.31. The van der Waals surface area contributed by atoms with E-state index in [0.717, 1.165) is 16.7 Å². The van der Waals surface area contributed by atoms with Crippen molar-refractivity contribution >= 4 is 28.3 Å². The van der Waals surface area contributed by atoms with Gasteiger partial charge in [-0.1, -0.05) is 50.2 Å². The molecule has 2 atom stereocenters. The van der Waals surface area contributed by atoms with E-state index in [2.05, 4.69) is 24.3 Å². The van der Waals surface area contributed by atoms with Crippen molar-refractivity contribution in [3.63, 3.8) is 0 Å². The molecule has 0 radical (unpaired) electrons. The van der Waals surface area contributed by atoms with Gasteiger partial charge in [0.2, 0.25) is 0 Å². The fourth-order valence-corrected chi connectivity index (χ4v) is 3.22. The summed E-state index contributed by atoms with van der Waals surface area (Å²) in [5.74, 6) is -0.923. The molecule has 7 nitrogen and oxygen atoms in total. The van der Waals surface area contributed by atoms with E-state index in [4.69, 9.17) is 4.74 Å². The number of nitrogens with one attached hydrogen (secondary N) is 1. The number of aryl methyl sites for hydroxylation is 1. The first kappa shape index (κ1) is 21.2. The van der Waals surface area contributed by atoms with Crippen molar-refractivity contribution in [2.75, 3.05) is 5.32 Å². The molecule has 2 aromatic carbocycles. The average molecular weight is 407 g/mol. The number of hydrogen-bond acceptors (Lipinski definition) is 5. The standard InChI is InChI=1S/C23H25N3O4/c1-5-14(2)16-10-8-9-13-19(16)24-21(27)15(3)30-23(29)20-17-11-6-7-12-18(17)22(28)26(4)25-20/h6-15H,5H2,1-4H3,(H,24,27)/t14-,15-/m0/s1. The zero-order chi connectivity index (χ0) is 21.8. The van der Waals surface area contributed by atoms with E-state index in [1.165, 1.54) is 14.0 Å². The number of amides is 1. The lowest BCUT2D eigenvalue weighted by atomic mass is 9.97. The van der Waals surface area contributed by atoms with Gasteiger partial charge in [0.15, 0.2) is 11.8 Å². The van der Waals surface area contributed by atoms with Crippen LogP contribution in [0.25, 0.3) is 10.8 Å². The summed E-state index contributed by atoms with van der Waals surface area (Å²) < 4.78 is 6.46. The van der Waals surface area contributed by atoms with Crippen molar-refractivity contribution in [2.45, 2.75) is 39.2 Å². The molecule has 0 fully saturated rings. The maximum Gasteiger partial charge on any atom is 0.360 e. The zero-order valence-corrected chi connectivity index (χ0v) is 17.5. The molecule has 3 aromatic rings. The molecule has 0 aliphatic heterocycles. The van der Waals surface area contributed by atoms with Gasteiger partial charge in [-0.25, -0.2) is 9.48 Å². The van der Waals surface area contributed by atoms with Gasteiger partial charge in [-0.15, -0.1) is 0 Å². The fourth-order valence-electron chi connectivity index (χ4n) is 3.22. The quantitative estimate of drug-likeness (QED) is 0.630. The highest BCUT2D eigenvalue weighted by Crippen LogP contribution is 2.26. The number of benzene rings is 2. The van der Waals surface area contributed by atoms with Gasteiger partial charge in [0, 0.05) is 18.1 Å². The van der Waals surface area contributed by atoms with Crippen LogP contribution in [0.2, 0.25) is 0 Å². The normalized spacial score (nSPS) is 12.9. The summed E-state index contributed by atoms with van der Waals surface area (Å²) in [6.45, 7) is 5.67. The summed E-state index contributed by atoms with van der Waals surface area (Å²) in [4.78, 5) is 37.6. The SMILES string of the molecule is CC[C@H](C)c1ccccc1NC(=O)[C@H](C)OC(=O)c1nn(C)c(=O)c2ccccc12. The second-order valence-corrected chi connectivity index (χ2v) is 7.26. The number of ether oxygens (including phenoxy) is 1. The van der Waals surface area contributed by atoms with Crippen LogP contribution >= 0.6 is 0 Å². The number of fused-ring (bicyclic) bond motifs is 1. The molecule has 0 saturated heterocycles. The van der Waals surface area contributed by atoms with Crippen molar-refractivity contribution in [3.8, 4) is 0 Å². The highest BCUT2D eigenvalue weighted by atomic mass is 16.5. The summed E-state index contributed by atoms with van der Waals surface area (Å²) in [5, 5.41) is 7.64. The molecule has 1 N–H and O–H groups in total. The summed E-state index contributed by atoms with van der Waals surface area (Å²) in [6.07, 6.45) is -0.108. The smallest absolute Gasteiger partial charge is 0.360 e. The lowest BCUT2D eigenvalue weighted by molar-refractivity contribution is -0.123. The molecule has 0 bridgehead atoms. The second-order valence-electron chi connectivity index (χ2n) is 7.26. The van der Waals surface area contributed by atoms with Gasteiger partial charge >= 0.3 is 5.97 Å². The minimum Gasteiger partial charge on any atom is -0.448 e. The third-order valence-electron chi connectivity index (χ3n) is 5.16. The van der Waals surface area contributed by atoms with Gasteiger partial charge in [-0.05, 0) is 37.0 Å².